The van der Waals surface area contributed by atoms with Gasteiger partial charge >= 0.3 is 0 Å². The van der Waals surface area contributed by atoms with Gasteiger partial charge in [0.25, 0.3) is 5.91 Å². The lowest BCUT2D eigenvalue weighted by Gasteiger charge is -2.18. The fraction of sp³-hybridized carbons (Fsp3) is 0.500. The van der Waals surface area contributed by atoms with Gasteiger partial charge < -0.3 is 10.2 Å². The van der Waals surface area contributed by atoms with E-state index in [-0.39, 0.29) is 11.3 Å². The van der Waals surface area contributed by atoms with E-state index in [1.165, 1.54) is 18.5 Å². The Morgan fingerprint density at radius 2 is 1.79 bits per heavy atom. The summed E-state index contributed by atoms with van der Waals surface area (Å²) < 4.78 is 1.77. The molecule has 1 N–H and O–H groups in total. The number of aryl methyl sites for hydroxylation is 1. The minimum atomic E-state index is -0.191. The molecule has 2 aromatic rings. The first-order valence-electron chi connectivity index (χ1n) is 10.2. The van der Waals surface area contributed by atoms with Gasteiger partial charge in [-0.2, -0.15) is 5.10 Å². The zero-order valence-corrected chi connectivity index (χ0v) is 17.2. The third-order valence-corrected chi connectivity index (χ3v) is 5.49. The van der Waals surface area contributed by atoms with Crippen LogP contribution in [-0.2, 0) is 12.0 Å². The van der Waals surface area contributed by atoms with E-state index in [0.29, 0.717) is 24.5 Å². The summed E-state index contributed by atoms with van der Waals surface area (Å²) in [5, 5.41) is 7.73. The molecule has 0 radical (unpaired) electrons. The highest BCUT2D eigenvalue weighted by atomic mass is 16.2. The fourth-order valence-electron chi connectivity index (χ4n) is 3.95. The van der Waals surface area contributed by atoms with Crippen LogP contribution in [0.2, 0.25) is 0 Å². The molecule has 0 spiro atoms. The van der Waals surface area contributed by atoms with Crippen LogP contribution in [0.4, 0.5) is 11.4 Å². The number of amides is 1. The summed E-state index contributed by atoms with van der Waals surface area (Å²) >= 11 is 0. The van der Waals surface area contributed by atoms with Crippen molar-refractivity contribution < 1.29 is 4.79 Å². The largest absolute Gasteiger partial charge is 0.372 e. The molecule has 1 saturated heterocycles. The number of aliphatic imine (C=N–C) groups is 1. The molecule has 4 rings (SSSR count). The molecular formula is C22H29N5O. The zero-order valence-electron chi connectivity index (χ0n) is 17.2. The van der Waals surface area contributed by atoms with Gasteiger partial charge in [-0.15, -0.1) is 0 Å². The van der Waals surface area contributed by atoms with Crippen molar-refractivity contribution in [3.8, 4) is 0 Å². The van der Waals surface area contributed by atoms with Gasteiger partial charge in [-0.25, -0.2) is 4.99 Å². The quantitative estimate of drug-likeness (QED) is 0.885. The van der Waals surface area contributed by atoms with Gasteiger partial charge in [0.15, 0.2) is 5.69 Å². The first kappa shape index (κ1) is 18.7. The van der Waals surface area contributed by atoms with Crippen LogP contribution in [0.5, 0.6) is 0 Å². The Kier molecular flexibility index (Phi) is 4.73. The second-order valence-corrected chi connectivity index (χ2v) is 8.59. The van der Waals surface area contributed by atoms with E-state index in [4.69, 9.17) is 10.1 Å². The van der Waals surface area contributed by atoms with E-state index in [0.717, 1.165) is 30.1 Å². The van der Waals surface area contributed by atoms with Crippen molar-refractivity contribution in [2.24, 2.45) is 4.99 Å². The first-order chi connectivity index (χ1) is 13.4. The molecule has 1 aromatic heterocycles. The number of hydrogen-bond donors (Lipinski definition) is 1. The molecule has 28 heavy (non-hydrogen) atoms. The summed E-state index contributed by atoms with van der Waals surface area (Å²) in [6.45, 7) is 11.6. The van der Waals surface area contributed by atoms with Crippen molar-refractivity contribution in [1.82, 2.24) is 15.1 Å². The number of fused-ring (bicyclic) bond motifs is 1. The number of nitrogens with one attached hydrogen (secondary N) is 1. The molecule has 1 aromatic carbocycles. The highest BCUT2D eigenvalue weighted by Gasteiger charge is 2.31. The Labute approximate surface area is 166 Å². The molecule has 2 aliphatic rings. The molecule has 1 fully saturated rings. The van der Waals surface area contributed by atoms with Gasteiger partial charge in [0, 0.05) is 30.7 Å². The van der Waals surface area contributed by atoms with Crippen LogP contribution in [0.1, 0.15) is 62.3 Å². The summed E-state index contributed by atoms with van der Waals surface area (Å²) in [6, 6.07) is 8.56. The molecule has 0 unspecified atom stereocenters. The molecule has 3 heterocycles. The third-order valence-electron chi connectivity index (χ3n) is 5.49. The fourth-order valence-corrected chi connectivity index (χ4v) is 3.95. The van der Waals surface area contributed by atoms with Gasteiger partial charge in [0.05, 0.1) is 18.0 Å². The third kappa shape index (κ3) is 3.32. The van der Waals surface area contributed by atoms with Crippen molar-refractivity contribution in [1.29, 1.82) is 0 Å². The predicted octanol–water partition coefficient (Wildman–Crippen LogP) is 3.66. The highest BCUT2D eigenvalue weighted by Crippen LogP contribution is 2.35. The minimum absolute atomic E-state index is 0.104. The van der Waals surface area contributed by atoms with Crippen LogP contribution in [0.15, 0.2) is 29.3 Å². The van der Waals surface area contributed by atoms with Crippen molar-refractivity contribution in [2.45, 2.75) is 52.5 Å². The first-order valence-corrected chi connectivity index (χ1v) is 10.2. The molecular weight excluding hydrogens is 350 g/mol. The van der Waals surface area contributed by atoms with Crippen LogP contribution in [0.25, 0.3) is 0 Å². The Morgan fingerprint density at radius 1 is 1.11 bits per heavy atom. The molecule has 6 nitrogen and oxygen atoms in total. The summed E-state index contributed by atoms with van der Waals surface area (Å²) in [5.74, 6) is -0.104. The maximum absolute atomic E-state index is 12.8. The number of rotatable bonds is 3. The number of hydrogen-bond acceptors (Lipinski definition) is 4. The average Bonchev–Trinajstić information content (AvgIpc) is 3.29. The van der Waals surface area contributed by atoms with Crippen molar-refractivity contribution in [2.75, 3.05) is 24.5 Å². The second-order valence-electron chi connectivity index (χ2n) is 8.59. The Balaban J connectivity index is 1.75. The van der Waals surface area contributed by atoms with Gasteiger partial charge in [0.1, 0.15) is 5.69 Å². The minimum Gasteiger partial charge on any atom is -0.372 e. The normalized spacial score (nSPS) is 17.2. The van der Waals surface area contributed by atoms with E-state index >= 15 is 0 Å². The zero-order chi connectivity index (χ0) is 19.9. The molecule has 0 bridgehead atoms. The maximum Gasteiger partial charge on any atom is 0.272 e. The summed E-state index contributed by atoms with van der Waals surface area (Å²) in [5.41, 5.74) is 5.13. The van der Waals surface area contributed by atoms with E-state index in [2.05, 4.69) is 55.3 Å². The number of nitrogens with zero attached hydrogens (tertiary/aromatic N) is 4. The number of carbonyl (C=O) groups excluding carboxylic acids is 1. The molecule has 0 saturated carbocycles. The van der Waals surface area contributed by atoms with Gasteiger partial charge in [-0.3, -0.25) is 9.48 Å². The highest BCUT2D eigenvalue weighted by molar-refractivity contribution is 6.10. The summed E-state index contributed by atoms with van der Waals surface area (Å²) in [7, 11) is 0. The van der Waals surface area contributed by atoms with Crippen LogP contribution >= 0.6 is 0 Å². The molecule has 2 aliphatic heterocycles. The Bertz CT molecular complexity index is 912. The van der Waals surface area contributed by atoms with Crippen molar-refractivity contribution >= 4 is 23.0 Å². The van der Waals surface area contributed by atoms with Crippen molar-refractivity contribution in [3.05, 3.63) is 41.2 Å². The van der Waals surface area contributed by atoms with Gasteiger partial charge in [-0.1, -0.05) is 32.9 Å². The van der Waals surface area contributed by atoms with Crippen LogP contribution < -0.4 is 10.2 Å². The van der Waals surface area contributed by atoms with Crippen LogP contribution in [-0.4, -0.2) is 41.0 Å². The topological polar surface area (TPSA) is 62.5 Å². The Hall–Kier alpha value is -2.63. The molecule has 0 atom stereocenters. The smallest absolute Gasteiger partial charge is 0.272 e. The lowest BCUT2D eigenvalue weighted by Crippen LogP contribution is -2.30. The van der Waals surface area contributed by atoms with Crippen LogP contribution in [0.3, 0.4) is 0 Å². The maximum atomic E-state index is 12.8. The molecule has 148 valence electrons. The van der Waals surface area contributed by atoms with E-state index in [1.54, 1.807) is 4.68 Å². The number of benzene rings is 1. The molecule has 6 heteroatoms. The SMILES string of the molecule is CCn1nc(C(C)(C)C)c2c1C(=O)NCC(c1ccc(N3CCCC3)cc1)=N2. The monoisotopic (exact) mass is 379 g/mol. The van der Waals surface area contributed by atoms with Crippen molar-refractivity contribution in [3.63, 3.8) is 0 Å². The molecule has 1 amide bonds. The number of carbonyl (C=O) groups is 1. The average molecular weight is 380 g/mol. The van der Waals surface area contributed by atoms with E-state index in [1.807, 2.05) is 6.92 Å². The number of aromatic nitrogens is 2. The Morgan fingerprint density at radius 3 is 2.39 bits per heavy atom. The number of anilines is 1. The predicted molar refractivity (Wildman–Crippen MR) is 113 cm³/mol. The second kappa shape index (κ2) is 7.08. The van der Waals surface area contributed by atoms with Crippen LogP contribution in [0, 0.1) is 0 Å². The van der Waals surface area contributed by atoms with Gasteiger partial charge in [-0.05, 0) is 37.5 Å². The van der Waals surface area contributed by atoms with Gasteiger partial charge in [0.2, 0.25) is 0 Å². The molecule has 0 aliphatic carbocycles. The van der Waals surface area contributed by atoms with E-state index in [9.17, 15) is 4.79 Å². The standard InChI is InChI=1S/C22H29N5O/c1-5-27-19-18(20(25-27)22(2,3)4)24-17(14-23-21(19)28)15-8-10-16(11-9-15)26-12-6-7-13-26/h8-11H,5-7,12-14H2,1-4H3,(H,23,28). The summed E-state index contributed by atoms with van der Waals surface area (Å²) in [6.07, 6.45) is 2.53. The lowest BCUT2D eigenvalue weighted by atomic mass is 9.91. The van der Waals surface area contributed by atoms with E-state index < -0.39 is 0 Å². The summed E-state index contributed by atoms with van der Waals surface area (Å²) in [4.78, 5) is 20.2. The lowest BCUT2D eigenvalue weighted by molar-refractivity contribution is 0.0950.